The van der Waals surface area contributed by atoms with Crippen LogP contribution in [-0.4, -0.2) is 35.5 Å². The van der Waals surface area contributed by atoms with Crippen molar-refractivity contribution in [2.75, 3.05) is 24.5 Å². The molecule has 0 bridgehead atoms. The predicted octanol–water partition coefficient (Wildman–Crippen LogP) is 1.67. The van der Waals surface area contributed by atoms with Crippen molar-refractivity contribution in [1.82, 2.24) is 15.3 Å². The van der Waals surface area contributed by atoms with Gasteiger partial charge in [0.05, 0.1) is 11.9 Å². The molecule has 94 valence electrons. The molecule has 1 amide bonds. The molecule has 3 heterocycles. The highest BCUT2D eigenvalue weighted by Gasteiger charge is 2.19. The van der Waals surface area contributed by atoms with Crippen LogP contribution in [0.1, 0.15) is 6.42 Å². The summed E-state index contributed by atoms with van der Waals surface area (Å²) >= 11 is 7.46. The third-order valence-corrected chi connectivity index (χ3v) is 3.81. The third kappa shape index (κ3) is 2.13. The van der Waals surface area contributed by atoms with Crippen LogP contribution >= 0.6 is 22.9 Å². The zero-order chi connectivity index (χ0) is 12.5. The number of anilines is 1. The molecule has 0 atom stereocenters. The number of carbonyl (C=O) groups is 1. The zero-order valence-electron chi connectivity index (χ0n) is 9.52. The molecule has 0 aromatic carbocycles. The molecule has 3 rings (SSSR count). The number of carbonyl (C=O) groups excluding carboxylic acids is 1. The molecule has 1 saturated heterocycles. The van der Waals surface area contributed by atoms with Gasteiger partial charge in [-0.15, -0.1) is 11.3 Å². The van der Waals surface area contributed by atoms with Gasteiger partial charge >= 0.3 is 0 Å². The van der Waals surface area contributed by atoms with Gasteiger partial charge in [-0.3, -0.25) is 4.79 Å². The van der Waals surface area contributed by atoms with Gasteiger partial charge in [0.2, 0.25) is 11.2 Å². The molecule has 2 aromatic rings. The van der Waals surface area contributed by atoms with Crippen LogP contribution in [-0.2, 0) is 4.79 Å². The molecule has 5 nitrogen and oxygen atoms in total. The number of aromatic nitrogens is 2. The van der Waals surface area contributed by atoms with E-state index in [1.54, 1.807) is 0 Å². The van der Waals surface area contributed by atoms with Crippen molar-refractivity contribution in [1.29, 1.82) is 0 Å². The van der Waals surface area contributed by atoms with Gasteiger partial charge in [-0.1, -0.05) is 0 Å². The molecular weight excluding hydrogens is 272 g/mol. The maximum atomic E-state index is 11.6. The van der Waals surface area contributed by atoms with E-state index in [0.717, 1.165) is 29.0 Å². The van der Waals surface area contributed by atoms with Crippen molar-refractivity contribution in [3.63, 3.8) is 0 Å². The lowest BCUT2D eigenvalue weighted by atomic mass is 10.3. The van der Waals surface area contributed by atoms with Gasteiger partial charge in [-0.25, -0.2) is 4.98 Å². The van der Waals surface area contributed by atoms with Gasteiger partial charge in [-0.2, -0.15) is 4.98 Å². The van der Waals surface area contributed by atoms with E-state index < -0.39 is 0 Å². The summed E-state index contributed by atoms with van der Waals surface area (Å²) < 4.78 is 0. The molecule has 1 aliphatic rings. The molecule has 7 heteroatoms. The number of thiophene rings is 1. The Kier molecular flexibility index (Phi) is 3.05. The summed E-state index contributed by atoms with van der Waals surface area (Å²) in [6.07, 6.45) is 0.902. The van der Waals surface area contributed by atoms with E-state index in [-0.39, 0.29) is 11.2 Å². The van der Waals surface area contributed by atoms with E-state index in [1.165, 1.54) is 11.3 Å². The minimum Gasteiger partial charge on any atom is -0.354 e. The standard InChI is InChI=1S/C11H11ClN4OS/c12-11-14-9(7-2-5-18-10(7)15-11)16-4-1-3-13-8(17)6-16/h2,5H,1,3-4,6H2,(H,13,17). The number of hydrogen-bond acceptors (Lipinski definition) is 5. The van der Waals surface area contributed by atoms with E-state index >= 15 is 0 Å². The highest BCUT2D eigenvalue weighted by Crippen LogP contribution is 2.29. The first kappa shape index (κ1) is 11.7. The molecule has 0 radical (unpaired) electrons. The number of amides is 1. The van der Waals surface area contributed by atoms with E-state index in [9.17, 15) is 4.79 Å². The van der Waals surface area contributed by atoms with E-state index in [2.05, 4.69) is 15.3 Å². The number of fused-ring (bicyclic) bond motifs is 1. The highest BCUT2D eigenvalue weighted by molar-refractivity contribution is 7.16. The Balaban J connectivity index is 2.06. The fourth-order valence-corrected chi connectivity index (χ4v) is 3.02. The molecule has 2 aromatic heterocycles. The summed E-state index contributed by atoms with van der Waals surface area (Å²) in [5.74, 6) is 0.772. The Morgan fingerprint density at radius 3 is 3.22 bits per heavy atom. The van der Waals surface area contributed by atoms with Crippen molar-refractivity contribution in [2.24, 2.45) is 0 Å². The van der Waals surface area contributed by atoms with Crippen LogP contribution in [0.5, 0.6) is 0 Å². The molecule has 0 aliphatic carbocycles. The normalized spacial score (nSPS) is 16.7. The Morgan fingerprint density at radius 2 is 2.33 bits per heavy atom. The number of nitrogens with zero attached hydrogens (tertiary/aromatic N) is 3. The SMILES string of the molecule is O=C1CN(c2nc(Cl)nc3sccc23)CCCN1. The molecule has 18 heavy (non-hydrogen) atoms. The average molecular weight is 283 g/mol. The topological polar surface area (TPSA) is 58.1 Å². The van der Waals surface area contributed by atoms with Crippen LogP contribution in [0.25, 0.3) is 10.2 Å². The Morgan fingerprint density at radius 1 is 1.44 bits per heavy atom. The smallest absolute Gasteiger partial charge is 0.239 e. The van der Waals surface area contributed by atoms with Crippen LogP contribution in [0.15, 0.2) is 11.4 Å². The average Bonchev–Trinajstić information content (AvgIpc) is 2.69. The number of nitrogens with one attached hydrogen (secondary N) is 1. The minimum atomic E-state index is 0.0191. The van der Waals surface area contributed by atoms with Crippen LogP contribution < -0.4 is 10.2 Å². The van der Waals surface area contributed by atoms with E-state index in [1.807, 2.05) is 16.3 Å². The summed E-state index contributed by atoms with van der Waals surface area (Å²) in [6.45, 7) is 1.82. The van der Waals surface area contributed by atoms with Crippen molar-refractivity contribution >= 4 is 44.9 Å². The van der Waals surface area contributed by atoms with E-state index in [0.29, 0.717) is 13.1 Å². The Labute approximate surface area is 113 Å². The number of rotatable bonds is 1. The van der Waals surface area contributed by atoms with Gasteiger partial charge < -0.3 is 10.2 Å². The van der Waals surface area contributed by atoms with Crippen LogP contribution in [0.4, 0.5) is 5.82 Å². The van der Waals surface area contributed by atoms with Gasteiger partial charge in [0.1, 0.15) is 10.6 Å². The van der Waals surface area contributed by atoms with E-state index in [4.69, 9.17) is 11.6 Å². The van der Waals surface area contributed by atoms with Gasteiger partial charge in [0.25, 0.3) is 0 Å². The Hall–Kier alpha value is -1.40. The van der Waals surface area contributed by atoms with Crippen molar-refractivity contribution < 1.29 is 4.79 Å². The third-order valence-electron chi connectivity index (χ3n) is 2.84. The van der Waals surface area contributed by atoms with Crippen molar-refractivity contribution in [3.05, 3.63) is 16.7 Å². The summed E-state index contributed by atoms with van der Waals surface area (Å²) in [7, 11) is 0. The maximum Gasteiger partial charge on any atom is 0.239 e. The fraction of sp³-hybridized carbons (Fsp3) is 0.364. The fourth-order valence-electron chi connectivity index (χ4n) is 2.04. The summed E-state index contributed by atoms with van der Waals surface area (Å²) in [5, 5.41) is 5.99. The van der Waals surface area contributed by atoms with Crippen LogP contribution in [0.3, 0.4) is 0 Å². The quantitative estimate of drug-likeness (QED) is 0.809. The molecule has 1 N–H and O–H groups in total. The number of halogens is 1. The predicted molar refractivity (Wildman–Crippen MR) is 72.3 cm³/mol. The first-order valence-electron chi connectivity index (χ1n) is 5.66. The summed E-state index contributed by atoms with van der Waals surface area (Å²) in [6, 6.07) is 1.97. The minimum absolute atomic E-state index is 0.0191. The van der Waals surface area contributed by atoms with Gasteiger partial charge in [0, 0.05) is 13.1 Å². The maximum absolute atomic E-state index is 11.6. The summed E-state index contributed by atoms with van der Waals surface area (Å²) in [5.41, 5.74) is 0. The highest BCUT2D eigenvalue weighted by atomic mass is 35.5. The second-order valence-corrected chi connectivity index (χ2v) is 5.31. The molecule has 0 spiro atoms. The first-order chi connectivity index (χ1) is 8.74. The number of hydrogen-bond donors (Lipinski definition) is 1. The molecule has 0 unspecified atom stereocenters. The largest absolute Gasteiger partial charge is 0.354 e. The second-order valence-electron chi connectivity index (χ2n) is 4.08. The van der Waals surface area contributed by atoms with Gasteiger partial charge in [0.15, 0.2) is 0 Å². The second kappa shape index (κ2) is 4.70. The van der Waals surface area contributed by atoms with Crippen molar-refractivity contribution in [3.8, 4) is 0 Å². The van der Waals surface area contributed by atoms with Crippen LogP contribution in [0, 0.1) is 0 Å². The monoisotopic (exact) mass is 282 g/mol. The van der Waals surface area contributed by atoms with Crippen LogP contribution in [0.2, 0.25) is 5.28 Å². The summed E-state index contributed by atoms with van der Waals surface area (Å²) in [4.78, 5) is 22.9. The lowest BCUT2D eigenvalue weighted by molar-refractivity contribution is -0.119. The molecule has 1 aliphatic heterocycles. The lowest BCUT2D eigenvalue weighted by Gasteiger charge is -2.20. The Bertz CT molecular complexity index is 600. The zero-order valence-corrected chi connectivity index (χ0v) is 11.1. The molecule has 1 fully saturated rings. The van der Waals surface area contributed by atoms with Crippen molar-refractivity contribution in [2.45, 2.75) is 6.42 Å². The molecular formula is C11H11ClN4OS. The first-order valence-corrected chi connectivity index (χ1v) is 6.92. The molecule has 0 saturated carbocycles. The van der Waals surface area contributed by atoms with Gasteiger partial charge in [-0.05, 0) is 29.5 Å². The lowest BCUT2D eigenvalue weighted by Crippen LogP contribution is -2.33.